The van der Waals surface area contributed by atoms with Crippen molar-refractivity contribution in [2.45, 2.75) is 70.6 Å². The Morgan fingerprint density at radius 1 is 0.931 bits per heavy atom. The quantitative estimate of drug-likeness (QED) is 0.687. The molecule has 3 rings (SSSR count). The molecule has 3 atom stereocenters. The molecule has 1 N–H and O–H groups in total. The van der Waals surface area contributed by atoms with E-state index in [0.717, 1.165) is 11.1 Å². The summed E-state index contributed by atoms with van der Waals surface area (Å²) in [6.45, 7) is 8.67. The fraction of sp³-hybridized carbons (Fsp3) is 0.500. The van der Waals surface area contributed by atoms with Crippen LogP contribution in [0, 0.1) is 0 Å². The number of ether oxygens (including phenoxy) is 4. The highest BCUT2D eigenvalue weighted by atomic mass is 16.8. The van der Waals surface area contributed by atoms with E-state index in [1.165, 1.54) is 0 Å². The van der Waals surface area contributed by atoms with Crippen LogP contribution in [0.5, 0.6) is 0 Å². The van der Waals surface area contributed by atoms with E-state index < -0.39 is 23.6 Å². The topological polar surface area (TPSA) is 57.2 Å². The number of rotatable bonds is 9. The van der Waals surface area contributed by atoms with Crippen molar-refractivity contribution in [3.8, 4) is 0 Å². The van der Waals surface area contributed by atoms with Gasteiger partial charge in [-0.3, -0.25) is 0 Å². The van der Waals surface area contributed by atoms with E-state index in [9.17, 15) is 5.11 Å². The van der Waals surface area contributed by atoms with Crippen molar-refractivity contribution in [2.24, 2.45) is 0 Å². The fourth-order valence-electron chi connectivity index (χ4n) is 3.45. The molecule has 2 aromatic carbocycles. The Bertz CT molecular complexity index is 744. The standard InChI is InChI=1S/C24H32O5/c1-23(2,27-16-19-13-9-6-10-14-19)22(25)21-20(28-24(3,4)29-21)17-26-15-18-11-7-5-8-12-18/h5-14,20-22,25H,15-17H2,1-4H3/t20-,21-,22-/m0/s1. The van der Waals surface area contributed by atoms with E-state index in [1.807, 2.05) is 88.4 Å². The van der Waals surface area contributed by atoms with Crippen molar-refractivity contribution in [3.05, 3.63) is 71.8 Å². The van der Waals surface area contributed by atoms with Crippen LogP contribution in [0.3, 0.4) is 0 Å². The molecule has 5 nitrogen and oxygen atoms in total. The van der Waals surface area contributed by atoms with E-state index in [4.69, 9.17) is 18.9 Å². The first kappa shape index (κ1) is 21.9. The lowest BCUT2D eigenvalue weighted by atomic mass is 9.93. The molecular formula is C24H32O5. The summed E-state index contributed by atoms with van der Waals surface area (Å²) >= 11 is 0. The van der Waals surface area contributed by atoms with Crippen molar-refractivity contribution >= 4 is 0 Å². The van der Waals surface area contributed by atoms with Gasteiger partial charge in [-0.15, -0.1) is 0 Å². The normalized spacial score (nSPS) is 22.5. The van der Waals surface area contributed by atoms with Crippen LogP contribution in [0.4, 0.5) is 0 Å². The molecule has 1 heterocycles. The van der Waals surface area contributed by atoms with Crippen LogP contribution in [-0.4, -0.2) is 41.4 Å². The summed E-state index contributed by atoms with van der Waals surface area (Å²) in [5.74, 6) is -0.790. The van der Waals surface area contributed by atoms with Crippen LogP contribution in [0.1, 0.15) is 38.8 Å². The molecule has 0 saturated carbocycles. The minimum atomic E-state index is -0.877. The summed E-state index contributed by atoms with van der Waals surface area (Å²) in [5.41, 5.74) is 1.33. The second-order valence-electron chi connectivity index (χ2n) is 8.46. The van der Waals surface area contributed by atoms with E-state index >= 15 is 0 Å². The van der Waals surface area contributed by atoms with Crippen molar-refractivity contribution in [3.63, 3.8) is 0 Å². The predicted molar refractivity (Wildman–Crippen MR) is 111 cm³/mol. The van der Waals surface area contributed by atoms with Crippen molar-refractivity contribution in [2.75, 3.05) is 6.61 Å². The van der Waals surface area contributed by atoms with Crippen LogP contribution in [-0.2, 0) is 32.2 Å². The Balaban J connectivity index is 1.60. The maximum absolute atomic E-state index is 11.1. The van der Waals surface area contributed by atoms with Crippen LogP contribution in [0.15, 0.2) is 60.7 Å². The van der Waals surface area contributed by atoms with E-state index in [0.29, 0.717) is 19.8 Å². The van der Waals surface area contributed by atoms with Gasteiger partial charge in [0.05, 0.1) is 25.4 Å². The lowest BCUT2D eigenvalue weighted by Crippen LogP contribution is -2.51. The van der Waals surface area contributed by atoms with Gasteiger partial charge in [0.2, 0.25) is 0 Å². The lowest BCUT2D eigenvalue weighted by Gasteiger charge is -2.35. The number of benzene rings is 2. The Kier molecular flexibility index (Phi) is 7.09. The number of aliphatic hydroxyl groups excluding tert-OH is 1. The molecule has 0 bridgehead atoms. The third-order valence-electron chi connectivity index (χ3n) is 5.09. The Morgan fingerprint density at radius 3 is 2.07 bits per heavy atom. The Morgan fingerprint density at radius 2 is 1.48 bits per heavy atom. The highest BCUT2D eigenvalue weighted by molar-refractivity contribution is 5.14. The van der Waals surface area contributed by atoms with Gasteiger partial charge in [-0.2, -0.15) is 0 Å². The minimum absolute atomic E-state index is 0.328. The third kappa shape index (κ3) is 6.11. The molecule has 0 aromatic heterocycles. The molecule has 0 spiro atoms. The van der Waals surface area contributed by atoms with Crippen LogP contribution in [0.25, 0.3) is 0 Å². The third-order valence-corrected chi connectivity index (χ3v) is 5.09. The van der Waals surface area contributed by atoms with Gasteiger partial charge >= 0.3 is 0 Å². The maximum Gasteiger partial charge on any atom is 0.164 e. The monoisotopic (exact) mass is 400 g/mol. The molecule has 1 aliphatic rings. The lowest BCUT2D eigenvalue weighted by molar-refractivity contribution is -0.184. The van der Waals surface area contributed by atoms with Crippen LogP contribution < -0.4 is 0 Å². The van der Waals surface area contributed by atoms with Gasteiger partial charge in [0, 0.05) is 0 Å². The number of hydrogen-bond acceptors (Lipinski definition) is 5. The van der Waals surface area contributed by atoms with Gasteiger partial charge in [0.1, 0.15) is 18.3 Å². The molecule has 5 heteroatoms. The first-order chi connectivity index (χ1) is 13.8. The zero-order valence-electron chi connectivity index (χ0n) is 17.7. The van der Waals surface area contributed by atoms with Gasteiger partial charge in [0.15, 0.2) is 5.79 Å². The molecule has 1 aliphatic heterocycles. The average Bonchev–Trinajstić information content (AvgIpc) is 3.02. The molecule has 0 aliphatic carbocycles. The number of hydrogen-bond donors (Lipinski definition) is 1. The van der Waals surface area contributed by atoms with Gasteiger partial charge in [-0.25, -0.2) is 0 Å². The highest BCUT2D eigenvalue weighted by Crippen LogP contribution is 2.34. The van der Waals surface area contributed by atoms with Crippen LogP contribution >= 0.6 is 0 Å². The zero-order valence-corrected chi connectivity index (χ0v) is 17.7. The van der Waals surface area contributed by atoms with Gasteiger partial charge in [-0.1, -0.05) is 60.7 Å². The Hall–Kier alpha value is -1.76. The molecule has 0 radical (unpaired) electrons. The molecule has 2 aromatic rings. The predicted octanol–water partition coefficient (Wildman–Crippen LogP) is 4.08. The second kappa shape index (κ2) is 9.37. The second-order valence-corrected chi connectivity index (χ2v) is 8.46. The summed E-state index contributed by atoms with van der Waals surface area (Å²) in [5, 5.41) is 11.1. The fourth-order valence-corrected chi connectivity index (χ4v) is 3.45. The molecule has 0 unspecified atom stereocenters. The summed E-state index contributed by atoms with van der Waals surface area (Å²) in [6, 6.07) is 19.9. The average molecular weight is 401 g/mol. The highest BCUT2D eigenvalue weighted by Gasteiger charge is 2.49. The van der Waals surface area contributed by atoms with E-state index in [2.05, 4.69) is 0 Å². The van der Waals surface area contributed by atoms with Gasteiger partial charge < -0.3 is 24.1 Å². The largest absolute Gasteiger partial charge is 0.387 e. The summed E-state index contributed by atoms with van der Waals surface area (Å²) < 4.78 is 24.0. The molecular weight excluding hydrogens is 368 g/mol. The summed E-state index contributed by atoms with van der Waals surface area (Å²) in [6.07, 6.45) is -1.81. The Labute approximate surface area is 173 Å². The van der Waals surface area contributed by atoms with Gasteiger partial charge in [-0.05, 0) is 38.8 Å². The first-order valence-corrected chi connectivity index (χ1v) is 10.1. The zero-order chi connectivity index (χ0) is 20.9. The SMILES string of the molecule is CC1(C)O[C@H]([C@H](O)C(C)(C)OCc2ccccc2)[C@H](COCc2ccccc2)O1. The van der Waals surface area contributed by atoms with Crippen molar-refractivity contribution < 1.29 is 24.1 Å². The smallest absolute Gasteiger partial charge is 0.164 e. The van der Waals surface area contributed by atoms with Crippen molar-refractivity contribution in [1.29, 1.82) is 0 Å². The van der Waals surface area contributed by atoms with E-state index in [-0.39, 0.29) is 6.10 Å². The maximum atomic E-state index is 11.1. The molecule has 0 amide bonds. The first-order valence-electron chi connectivity index (χ1n) is 10.1. The summed E-state index contributed by atoms with van der Waals surface area (Å²) in [4.78, 5) is 0. The summed E-state index contributed by atoms with van der Waals surface area (Å²) in [7, 11) is 0. The number of aliphatic hydroxyl groups is 1. The van der Waals surface area contributed by atoms with E-state index in [1.54, 1.807) is 0 Å². The van der Waals surface area contributed by atoms with Crippen molar-refractivity contribution in [1.82, 2.24) is 0 Å². The molecule has 1 fully saturated rings. The van der Waals surface area contributed by atoms with Gasteiger partial charge in [0.25, 0.3) is 0 Å². The minimum Gasteiger partial charge on any atom is -0.387 e. The molecule has 1 saturated heterocycles. The molecule has 158 valence electrons. The molecule has 29 heavy (non-hydrogen) atoms. The van der Waals surface area contributed by atoms with Crippen LogP contribution in [0.2, 0.25) is 0 Å².